The van der Waals surface area contributed by atoms with Crippen molar-refractivity contribution in [2.45, 2.75) is 38.8 Å². The summed E-state index contributed by atoms with van der Waals surface area (Å²) in [6.07, 6.45) is 6.70. The Morgan fingerprint density at radius 2 is 2.56 bits per heavy atom. The second kappa shape index (κ2) is 5.46. The Labute approximate surface area is 96.7 Å². The Hall–Kier alpha value is -0.870. The Morgan fingerprint density at radius 1 is 1.69 bits per heavy atom. The van der Waals surface area contributed by atoms with Crippen molar-refractivity contribution in [1.82, 2.24) is 15.1 Å². The van der Waals surface area contributed by atoms with Gasteiger partial charge < -0.3 is 10.4 Å². The Bertz CT molecular complexity index is 318. The molecule has 2 N–H and O–H groups in total. The van der Waals surface area contributed by atoms with Crippen LogP contribution in [0.3, 0.4) is 0 Å². The molecule has 16 heavy (non-hydrogen) atoms. The number of nitrogens with one attached hydrogen (secondary N) is 1. The Kier molecular flexibility index (Phi) is 3.96. The molecule has 0 saturated carbocycles. The molecule has 1 saturated heterocycles. The van der Waals surface area contributed by atoms with Gasteiger partial charge >= 0.3 is 0 Å². The van der Waals surface area contributed by atoms with Crippen molar-refractivity contribution in [2.24, 2.45) is 5.92 Å². The van der Waals surface area contributed by atoms with Gasteiger partial charge in [-0.2, -0.15) is 5.10 Å². The van der Waals surface area contributed by atoms with E-state index in [2.05, 4.69) is 17.3 Å². The lowest BCUT2D eigenvalue weighted by atomic mass is 9.91. The monoisotopic (exact) mass is 223 g/mol. The minimum atomic E-state index is -0.234. The number of hydrogen-bond acceptors (Lipinski definition) is 3. The molecule has 2 rings (SSSR count). The summed E-state index contributed by atoms with van der Waals surface area (Å²) in [7, 11) is 0. The topological polar surface area (TPSA) is 50.1 Å². The van der Waals surface area contributed by atoms with Crippen LogP contribution in [0.5, 0.6) is 0 Å². The van der Waals surface area contributed by atoms with Gasteiger partial charge in [-0.15, -0.1) is 0 Å². The van der Waals surface area contributed by atoms with Gasteiger partial charge in [0.25, 0.3) is 0 Å². The minimum Gasteiger partial charge on any atom is -0.392 e. The first-order valence-electron chi connectivity index (χ1n) is 6.19. The number of aromatic nitrogens is 2. The van der Waals surface area contributed by atoms with E-state index in [4.69, 9.17) is 0 Å². The molecule has 1 aliphatic rings. The van der Waals surface area contributed by atoms with Crippen molar-refractivity contribution >= 4 is 0 Å². The molecule has 1 fully saturated rings. The quantitative estimate of drug-likeness (QED) is 0.794. The molecule has 0 amide bonds. The van der Waals surface area contributed by atoms with Crippen LogP contribution < -0.4 is 5.32 Å². The minimum absolute atomic E-state index is 0.234. The summed E-state index contributed by atoms with van der Waals surface area (Å²) in [5.74, 6) is 0.402. The third-order valence-electron chi connectivity index (χ3n) is 3.33. The highest BCUT2D eigenvalue weighted by molar-refractivity contribution is 5.06. The van der Waals surface area contributed by atoms with Gasteiger partial charge in [-0.05, 0) is 37.8 Å². The van der Waals surface area contributed by atoms with Gasteiger partial charge in [0.2, 0.25) is 0 Å². The van der Waals surface area contributed by atoms with Crippen molar-refractivity contribution < 1.29 is 5.11 Å². The molecule has 4 nitrogen and oxygen atoms in total. The maximum absolute atomic E-state index is 10.1. The van der Waals surface area contributed by atoms with Crippen LogP contribution in [0.2, 0.25) is 0 Å². The number of piperidine rings is 1. The average Bonchev–Trinajstić information content (AvgIpc) is 2.78. The first-order chi connectivity index (χ1) is 7.79. The molecule has 0 aromatic carbocycles. The summed E-state index contributed by atoms with van der Waals surface area (Å²) in [5.41, 5.74) is 1.14. The van der Waals surface area contributed by atoms with Crippen LogP contribution in [-0.4, -0.2) is 34.1 Å². The lowest BCUT2D eigenvalue weighted by molar-refractivity contribution is 0.0922. The number of rotatable bonds is 4. The molecule has 0 radical (unpaired) electrons. The molecular weight excluding hydrogens is 202 g/mol. The molecule has 2 heterocycles. The Balaban J connectivity index is 1.87. The van der Waals surface area contributed by atoms with E-state index in [0.717, 1.165) is 38.0 Å². The first kappa shape index (κ1) is 11.6. The Morgan fingerprint density at radius 3 is 3.19 bits per heavy atom. The fourth-order valence-corrected chi connectivity index (χ4v) is 2.30. The maximum Gasteiger partial charge on any atom is 0.0621 e. The van der Waals surface area contributed by atoms with E-state index in [1.165, 1.54) is 6.42 Å². The van der Waals surface area contributed by atoms with Crippen LogP contribution in [0.1, 0.15) is 25.3 Å². The maximum atomic E-state index is 10.1. The van der Waals surface area contributed by atoms with E-state index in [9.17, 15) is 5.11 Å². The third kappa shape index (κ3) is 2.83. The molecule has 2 unspecified atom stereocenters. The number of aryl methyl sites for hydroxylation is 1. The summed E-state index contributed by atoms with van der Waals surface area (Å²) in [4.78, 5) is 0. The van der Waals surface area contributed by atoms with Crippen molar-refractivity contribution in [3.8, 4) is 0 Å². The lowest BCUT2D eigenvalue weighted by Gasteiger charge is -2.27. The van der Waals surface area contributed by atoms with Gasteiger partial charge in [-0.1, -0.05) is 0 Å². The zero-order chi connectivity index (χ0) is 11.4. The van der Waals surface area contributed by atoms with Crippen molar-refractivity contribution in [3.63, 3.8) is 0 Å². The molecule has 0 aliphatic carbocycles. The summed E-state index contributed by atoms with van der Waals surface area (Å²) >= 11 is 0. The second-order valence-electron chi connectivity index (χ2n) is 4.58. The van der Waals surface area contributed by atoms with Gasteiger partial charge in [0.15, 0.2) is 0 Å². The number of hydrogen-bond donors (Lipinski definition) is 2. The molecule has 1 aromatic rings. The van der Waals surface area contributed by atoms with E-state index in [1.807, 2.05) is 17.1 Å². The number of nitrogens with zero attached hydrogens (tertiary/aromatic N) is 2. The predicted molar refractivity (Wildman–Crippen MR) is 63.2 cm³/mol. The van der Waals surface area contributed by atoms with Gasteiger partial charge in [0.1, 0.15) is 0 Å². The smallest absolute Gasteiger partial charge is 0.0621 e. The van der Waals surface area contributed by atoms with Gasteiger partial charge in [-0.25, -0.2) is 0 Å². The van der Waals surface area contributed by atoms with Gasteiger partial charge in [0.05, 0.1) is 12.3 Å². The molecular formula is C12H21N3O. The zero-order valence-corrected chi connectivity index (χ0v) is 9.89. The van der Waals surface area contributed by atoms with Crippen LogP contribution in [0.4, 0.5) is 0 Å². The summed E-state index contributed by atoms with van der Waals surface area (Å²) in [5, 5.41) is 17.7. The van der Waals surface area contributed by atoms with E-state index in [0.29, 0.717) is 5.92 Å². The molecule has 1 aromatic heterocycles. The first-order valence-corrected chi connectivity index (χ1v) is 6.19. The third-order valence-corrected chi connectivity index (χ3v) is 3.33. The van der Waals surface area contributed by atoms with E-state index in [1.54, 1.807) is 0 Å². The highest BCUT2D eigenvalue weighted by atomic mass is 16.3. The SMILES string of the molecule is CCn1cc(CC(O)C2CCCNC2)cn1. The van der Waals surface area contributed by atoms with Crippen molar-refractivity contribution in [3.05, 3.63) is 18.0 Å². The highest BCUT2D eigenvalue weighted by Crippen LogP contribution is 2.17. The standard InChI is InChI=1S/C12H21N3O/c1-2-15-9-10(7-14-15)6-12(16)11-4-3-5-13-8-11/h7,9,11-13,16H,2-6,8H2,1H3. The van der Waals surface area contributed by atoms with E-state index in [-0.39, 0.29) is 6.10 Å². The number of aliphatic hydroxyl groups is 1. The van der Waals surface area contributed by atoms with E-state index < -0.39 is 0 Å². The van der Waals surface area contributed by atoms with Crippen molar-refractivity contribution in [2.75, 3.05) is 13.1 Å². The largest absolute Gasteiger partial charge is 0.392 e. The van der Waals surface area contributed by atoms with Gasteiger partial charge in [-0.3, -0.25) is 4.68 Å². The van der Waals surface area contributed by atoms with Crippen LogP contribution >= 0.6 is 0 Å². The van der Waals surface area contributed by atoms with Gasteiger partial charge in [0, 0.05) is 25.7 Å². The van der Waals surface area contributed by atoms with Crippen LogP contribution in [-0.2, 0) is 13.0 Å². The molecule has 90 valence electrons. The normalized spacial score (nSPS) is 23.2. The molecule has 1 aliphatic heterocycles. The molecule has 0 spiro atoms. The molecule has 4 heteroatoms. The molecule has 2 atom stereocenters. The average molecular weight is 223 g/mol. The fraction of sp³-hybridized carbons (Fsp3) is 0.750. The lowest BCUT2D eigenvalue weighted by Crippen LogP contribution is -2.37. The summed E-state index contributed by atoms with van der Waals surface area (Å²) in [6.45, 7) is 5.00. The van der Waals surface area contributed by atoms with E-state index >= 15 is 0 Å². The second-order valence-corrected chi connectivity index (χ2v) is 4.58. The van der Waals surface area contributed by atoms with Crippen molar-refractivity contribution in [1.29, 1.82) is 0 Å². The fourth-order valence-electron chi connectivity index (χ4n) is 2.30. The molecule has 0 bridgehead atoms. The zero-order valence-electron chi connectivity index (χ0n) is 9.89. The number of aliphatic hydroxyl groups excluding tert-OH is 1. The van der Waals surface area contributed by atoms with Crippen LogP contribution in [0.25, 0.3) is 0 Å². The summed E-state index contributed by atoms with van der Waals surface area (Å²) in [6, 6.07) is 0. The summed E-state index contributed by atoms with van der Waals surface area (Å²) < 4.78 is 1.90. The van der Waals surface area contributed by atoms with Crippen LogP contribution in [0.15, 0.2) is 12.4 Å². The predicted octanol–water partition coefficient (Wildman–Crippen LogP) is 0.806. The van der Waals surface area contributed by atoms with Crippen LogP contribution in [0, 0.1) is 5.92 Å². The highest BCUT2D eigenvalue weighted by Gasteiger charge is 2.21.